The van der Waals surface area contributed by atoms with Crippen LogP contribution >= 0.6 is 0 Å². The SMILES string of the molecule is CCCCCC(C=CC=CC=CCCC=CCCCC(=O)O)OO. The molecular formula is C20H32O4. The van der Waals surface area contributed by atoms with Crippen molar-refractivity contribution >= 4 is 5.97 Å². The second-order valence-electron chi connectivity index (χ2n) is 5.67. The molecule has 0 fully saturated rings. The van der Waals surface area contributed by atoms with Crippen molar-refractivity contribution in [3.05, 3.63) is 48.6 Å². The lowest BCUT2D eigenvalue weighted by Gasteiger charge is -2.06. The molecule has 1 unspecified atom stereocenters. The van der Waals surface area contributed by atoms with Crippen molar-refractivity contribution in [1.29, 1.82) is 0 Å². The highest BCUT2D eigenvalue weighted by atomic mass is 17.1. The van der Waals surface area contributed by atoms with Crippen LogP contribution in [-0.4, -0.2) is 22.4 Å². The number of hydrogen-bond donors (Lipinski definition) is 2. The van der Waals surface area contributed by atoms with Crippen molar-refractivity contribution in [2.45, 2.75) is 70.8 Å². The van der Waals surface area contributed by atoms with Crippen LogP contribution in [0.2, 0.25) is 0 Å². The fourth-order valence-corrected chi connectivity index (χ4v) is 2.07. The topological polar surface area (TPSA) is 66.8 Å². The van der Waals surface area contributed by atoms with Gasteiger partial charge in [0.05, 0.1) is 0 Å². The Kier molecular flexibility index (Phi) is 16.5. The highest BCUT2D eigenvalue weighted by Gasteiger charge is 2.02. The van der Waals surface area contributed by atoms with E-state index < -0.39 is 5.97 Å². The summed E-state index contributed by atoms with van der Waals surface area (Å²) in [5.74, 6) is -0.731. The van der Waals surface area contributed by atoms with Crippen LogP contribution < -0.4 is 0 Å². The van der Waals surface area contributed by atoms with Gasteiger partial charge in [0, 0.05) is 6.42 Å². The zero-order chi connectivity index (χ0) is 17.9. The van der Waals surface area contributed by atoms with E-state index in [9.17, 15) is 4.79 Å². The highest BCUT2D eigenvalue weighted by Crippen LogP contribution is 2.07. The third-order valence-corrected chi connectivity index (χ3v) is 3.45. The van der Waals surface area contributed by atoms with E-state index in [1.165, 1.54) is 0 Å². The number of carboxylic acid groups (broad SMARTS) is 1. The van der Waals surface area contributed by atoms with Gasteiger partial charge in [-0.2, -0.15) is 0 Å². The van der Waals surface area contributed by atoms with Crippen LogP contribution in [0.4, 0.5) is 0 Å². The maximum Gasteiger partial charge on any atom is 0.303 e. The molecule has 0 heterocycles. The molecule has 0 amide bonds. The minimum Gasteiger partial charge on any atom is -0.481 e. The molecule has 1 atom stereocenters. The molecule has 0 spiro atoms. The minimum absolute atomic E-state index is 0.226. The van der Waals surface area contributed by atoms with Gasteiger partial charge in [0.15, 0.2) is 0 Å². The molecule has 0 radical (unpaired) electrons. The number of carbonyl (C=O) groups is 1. The average molecular weight is 336 g/mol. The predicted octanol–water partition coefficient (Wildman–Crippen LogP) is 5.68. The van der Waals surface area contributed by atoms with Crippen molar-refractivity contribution in [3.8, 4) is 0 Å². The summed E-state index contributed by atoms with van der Waals surface area (Å²) in [6.45, 7) is 2.15. The van der Waals surface area contributed by atoms with Gasteiger partial charge >= 0.3 is 5.97 Å². The number of unbranched alkanes of at least 4 members (excludes halogenated alkanes) is 4. The second kappa shape index (κ2) is 17.7. The van der Waals surface area contributed by atoms with Gasteiger partial charge in [0.1, 0.15) is 6.10 Å². The molecule has 0 aliphatic rings. The second-order valence-corrected chi connectivity index (χ2v) is 5.67. The van der Waals surface area contributed by atoms with Crippen LogP contribution in [0.1, 0.15) is 64.7 Å². The molecule has 24 heavy (non-hydrogen) atoms. The summed E-state index contributed by atoms with van der Waals surface area (Å²) in [5, 5.41) is 17.3. The number of rotatable bonds is 15. The molecule has 4 heteroatoms. The Labute approximate surface area is 146 Å². The molecule has 0 aromatic rings. The van der Waals surface area contributed by atoms with E-state index in [1.807, 2.05) is 36.5 Å². The molecule has 4 nitrogen and oxygen atoms in total. The van der Waals surface area contributed by atoms with Gasteiger partial charge in [-0.15, -0.1) is 0 Å². The smallest absolute Gasteiger partial charge is 0.303 e. The van der Waals surface area contributed by atoms with Gasteiger partial charge < -0.3 is 5.11 Å². The standard InChI is InChI=1S/C20H32O4/c1-2-3-13-16-19(24-23)17-14-11-9-7-5-4-6-8-10-12-15-18-20(21)22/h5,7-11,14,17,19,23H,2-4,6,12-13,15-16,18H2,1H3,(H,21,22). The molecular weight excluding hydrogens is 304 g/mol. The maximum absolute atomic E-state index is 10.3. The van der Waals surface area contributed by atoms with Gasteiger partial charge in [-0.1, -0.05) is 74.8 Å². The van der Waals surface area contributed by atoms with Crippen molar-refractivity contribution in [3.63, 3.8) is 0 Å². The molecule has 2 N–H and O–H groups in total. The normalized spacial score (nSPS) is 13.8. The number of allylic oxidation sites excluding steroid dienone is 7. The van der Waals surface area contributed by atoms with Gasteiger partial charge in [0.2, 0.25) is 0 Å². The molecule has 0 rings (SSSR count). The van der Waals surface area contributed by atoms with Crippen molar-refractivity contribution in [2.75, 3.05) is 0 Å². The van der Waals surface area contributed by atoms with Crippen LogP contribution in [0.5, 0.6) is 0 Å². The summed E-state index contributed by atoms with van der Waals surface area (Å²) in [5.41, 5.74) is 0. The number of carboxylic acids is 1. The molecule has 0 saturated heterocycles. The Hall–Kier alpha value is -1.65. The van der Waals surface area contributed by atoms with E-state index in [0.717, 1.165) is 44.9 Å². The van der Waals surface area contributed by atoms with Gasteiger partial charge in [-0.25, -0.2) is 4.89 Å². The van der Waals surface area contributed by atoms with E-state index in [4.69, 9.17) is 10.4 Å². The van der Waals surface area contributed by atoms with Crippen molar-refractivity contribution < 1.29 is 20.0 Å². The molecule has 0 aliphatic heterocycles. The summed E-state index contributed by atoms with van der Waals surface area (Å²) in [6, 6.07) is 0. The molecule has 0 saturated carbocycles. The fourth-order valence-electron chi connectivity index (χ4n) is 2.07. The Bertz CT molecular complexity index is 408. The average Bonchev–Trinajstić information content (AvgIpc) is 2.57. The van der Waals surface area contributed by atoms with Crippen LogP contribution in [0.25, 0.3) is 0 Å². The Balaban J connectivity index is 3.70. The van der Waals surface area contributed by atoms with Crippen molar-refractivity contribution in [2.24, 2.45) is 0 Å². The zero-order valence-corrected chi connectivity index (χ0v) is 14.8. The van der Waals surface area contributed by atoms with E-state index >= 15 is 0 Å². The third kappa shape index (κ3) is 16.7. The van der Waals surface area contributed by atoms with E-state index in [0.29, 0.717) is 6.42 Å². The largest absolute Gasteiger partial charge is 0.481 e. The van der Waals surface area contributed by atoms with Gasteiger partial charge in [-0.3, -0.25) is 10.1 Å². The Morgan fingerprint density at radius 1 is 0.958 bits per heavy atom. The first-order valence-electron chi connectivity index (χ1n) is 8.87. The molecule has 0 aromatic carbocycles. The summed E-state index contributed by atoms with van der Waals surface area (Å²) in [4.78, 5) is 14.8. The third-order valence-electron chi connectivity index (χ3n) is 3.45. The monoisotopic (exact) mass is 336 g/mol. The van der Waals surface area contributed by atoms with E-state index in [1.54, 1.807) is 0 Å². The zero-order valence-electron chi connectivity index (χ0n) is 14.8. The van der Waals surface area contributed by atoms with Crippen LogP contribution in [-0.2, 0) is 9.68 Å². The van der Waals surface area contributed by atoms with Crippen molar-refractivity contribution in [1.82, 2.24) is 0 Å². The highest BCUT2D eigenvalue weighted by molar-refractivity contribution is 5.66. The molecule has 0 aliphatic carbocycles. The van der Waals surface area contributed by atoms with E-state index in [2.05, 4.69) is 24.0 Å². The summed E-state index contributed by atoms with van der Waals surface area (Å²) in [6.07, 6.45) is 23.5. The van der Waals surface area contributed by atoms with E-state index in [-0.39, 0.29) is 12.5 Å². The number of hydrogen-bond acceptors (Lipinski definition) is 3. The molecule has 0 bridgehead atoms. The first kappa shape index (κ1) is 22.4. The number of aliphatic carboxylic acids is 1. The van der Waals surface area contributed by atoms with Crippen LogP contribution in [0, 0.1) is 0 Å². The molecule has 136 valence electrons. The van der Waals surface area contributed by atoms with Crippen LogP contribution in [0.15, 0.2) is 48.6 Å². The summed E-state index contributed by atoms with van der Waals surface area (Å²) < 4.78 is 0. The summed E-state index contributed by atoms with van der Waals surface area (Å²) in [7, 11) is 0. The van der Waals surface area contributed by atoms with Gasteiger partial charge in [-0.05, 0) is 32.1 Å². The first-order chi connectivity index (χ1) is 11.7. The van der Waals surface area contributed by atoms with Gasteiger partial charge in [0.25, 0.3) is 0 Å². The fraction of sp³-hybridized carbons (Fsp3) is 0.550. The molecule has 0 aromatic heterocycles. The Morgan fingerprint density at radius 3 is 2.38 bits per heavy atom. The van der Waals surface area contributed by atoms with Crippen LogP contribution in [0.3, 0.4) is 0 Å². The predicted molar refractivity (Wildman–Crippen MR) is 98.9 cm³/mol. The maximum atomic E-state index is 10.3. The first-order valence-corrected chi connectivity index (χ1v) is 8.87. The summed E-state index contributed by atoms with van der Waals surface area (Å²) >= 11 is 0. The lowest BCUT2D eigenvalue weighted by atomic mass is 10.1. The minimum atomic E-state index is -0.731. The Morgan fingerprint density at radius 2 is 1.67 bits per heavy atom. The quantitative estimate of drug-likeness (QED) is 0.133. The lowest BCUT2D eigenvalue weighted by molar-refractivity contribution is -0.267. The lowest BCUT2D eigenvalue weighted by Crippen LogP contribution is -2.06.